The van der Waals surface area contributed by atoms with E-state index < -0.39 is 0 Å². The minimum atomic E-state index is 0.391. The summed E-state index contributed by atoms with van der Waals surface area (Å²) in [6.45, 7) is 21.9. The van der Waals surface area contributed by atoms with Gasteiger partial charge in [-0.05, 0) is 74.0 Å². The van der Waals surface area contributed by atoms with Crippen LogP contribution >= 0.6 is 12.6 Å². The summed E-state index contributed by atoms with van der Waals surface area (Å²) in [5, 5.41) is 7.65. The Labute approximate surface area is 268 Å². The van der Waals surface area contributed by atoms with Gasteiger partial charge < -0.3 is 29.6 Å². The third kappa shape index (κ3) is 14.5. The van der Waals surface area contributed by atoms with Gasteiger partial charge in [0.1, 0.15) is 0 Å². The highest BCUT2D eigenvalue weighted by Gasteiger charge is 2.44. The fourth-order valence-electron chi connectivity index (χ4n) is 5.79. The van der Waals surface area contributed by atoms with Crippen LogP contribution in [0.4, 0.5) is 0 Å². The fraction of sp³-hybridized carbons (Fsp3) is 0.829. The Morgan fingerprint density at radius 1 is 0.767 bits per heavy atom. The Hall–Kier alpha value is -0.710. The van der Waals surface area contributed by atoms with Gasteiger partial charge in [-0.3, -0.25) is 4.90 Å². The molecule has 0 saturated heterocycles. The largest absolute Gasteiger partial charge is 0.379 e. The van der Waals surface area contributed by atoms with Crippen molar-refractivity contribution < 1.29 is 18.9 Å². The minimum absolute atomic E-state index is 0.391. The smallest absolute Gasteiger partial charge is 0.0701 e. The zero-order valence-electron chi connectivity index (χ0n) is 28.0. The summed E-state index contributed by atoms with van der Waals surface area (Å²) in [6.07, 6.45) is 6.98. The zero-order valence-corrected chi connectivity index (χ0v) is 28.9. The van der Waals surface area contributed by atoms with Crippen molar-refractivity contribution >= 4 is 12.6 Å². The summed E-state index contributed by atoms with van der Waals surface area (Å²) in [5.74, 6) is 1.29. The van der Waals surface area contributed by atoms with Gasteiger partial charge in [0, 0.05) is 56.2 Å². The van der Waals surface area contributed by atoms with Crippen LogP contribution < -0.4 is 10.6 Å². The number of rotatable bonds is 26. The van der Waals surface area contributed by atoms with E-state index in [0.29, 0.717) is 61.7 Å². The Kier molecular flexibility index (Phi) is 17.5. The van der Waals surface area contributed by atoms with Crippen LogP contribution in [0.3, 0.4) is 0 Å². The van der Waals surface area contributed by atoms with E-state index in [-0.39, 0.29) is 0 Å². The summed E-state index contributed by atoms with van der Waals surface area (Å²) in [7, 11) is 0. The lowest BCUT2D eigenvalue weighted by molar-refractivity contribution is 0.0387. The molecular weight excluding hydrogens is 558 g/mol. The molecule has 2 unspecified atom stereocenters. The summed E-state index contributed by atoms with van der Waals surface area (Å²) in [4.78, 5) is 2.47. The molecule has 0 spiro atoms. The molecule has 1 aliphatic carbocycles. The average molecular weight is 622 g/mol. The highest BCUT2D eigenvalue weighted by atomic mass is 32.1. The number of thiol groups is 1. The number of nitrogens with zero attached hydrogens (tertiary/aromatic N) is 1. The first-order valence-corrected chi connectivity index (χ1v) is 17.6. The molecule has 1 saturated carbocycles. The second-order valence-electron chi connectivity index (χ2n) is 13.3. The topological polar surface area (TPSA) is 64.2 Å². The molecule has 0 aromatic heterocycles. The van der Waals surface area contributed by atoms with E-state index in [1.807, 2.05) is 0 Å². The van der Waals surface area contributed by atoms with E-state index >= 15 is 0 Å². The lowest BCUT2D eigenvalue weighted by Crippen LogP contribution is -2.38. The molecule has 8 heteroatoms. The van der Waals surface area contributed by atoms with Gasteiger partial charge in [-0.15, -0.1) is 0 Å². The van der Waals surface area contributed by atoms with Crippen molar-refractivity contribution in [2.24, 2.45) is 5.92 Å². The highest BCUT2D eigenvalue weighted by Crippen LogP contribution is 2.41. The first kappa shape index (κ1) is 36.8. The monoisotopic (exact) mass is 621 g/mol. The lowest BCUT2D eigenvalue weighted by Gasteiger charge is -2.21. The van der Waals surface area contributed by atoms with Crippen molar-refractivity contribution in [1.82, 2.24) is 15.5 Å². The molecule has 1 aliphatic heterocycles. The van der Waals surface area contributed by atoms with Gasteiger partial charge in [0.25, 0.3) is 0 Å². The van der Waals surface area contributed by atoms with Crippen molar-refractivity contribution in [3.8, 4) is 0 Å². The van der Waals surface area contributed by atoms with E-state index in [1.54, 1.807) is 0 Å². The zero-order chi connectivity index (χ0) is 30.9. The molecule has 0 radical (unpaired) electrons. The summed E-state index contributed by atoms with van der Waals surface area (Å²) in [6, 6.07) is 7.43. The molecule has 2 aliphatic rings. The van der Waals surface area contributed by atoms with Crippen LogP contribution in [0, 0.1) is 5.92 Å². The Morgan fingerprint density at radius 3 is 2.09 bits per heavy atom. The van der Waals surface area contributed by atoms with Gasteiger partial charge in [-0.2, -0.15) is 12.6 Å². The van der Waals surface area contributed by atoms with E-state index in [9.17, 15) is 0 Å². The maximum atomic E-state index is 5.83. The molecule has 43 heavy (non-hydrogen) atoms. The van der Waals surface area contributed by atoms with Gasteiger partial charge >= 0.3 is 0 Å². The third-order valence-corrected chi connectivity index (χ3v) is 9.61. The molecule has 1 heterocycles. The van der Waals surface area contributed by atoms with Crippen molar-refractivity contribution in [1.29, 1.82) is 0 Å². The predicted octanol–water partition coefficient (Wildman–Crippen LogP) is 5.81. The second-order valence-corrected chi connectivity index (χ2v) is 14.0. The Balaban J connectivity index is 1.03. The number of nitrogens with one attached hydrogen (secondary N) is 2. The molecule has 2 atom stereocenters. The molecule has 1 aromatic rings. The van der Waals surface area contributed by atoms with E-state index in [4.69, 9.17) is 31.6 Å². The molecule has 2 N–H and O–H groups in total. The first-order valence-electron chi connectivity index (χ1n) is 17.1. The molecule has 7 nitrogen and oxygen atoms in total. The number of hydrogen-bond acceptors (Lipinski definition) is 8. The van der Waals surface area contributed by atoms with Crippen LogP contribution in [0.25, 0.3) is 0 Å². The van der Waals surface area contributed by atoms with E-state index in [1.165, 1.54) is 29.5 Å². The SMILES string of the molecule is CC(CCC(S)CCCOCCOCCNC1(C(C)C)CC1)NCCOCCOCCN1Cc2ccc(C(C)C)cc2C1. The molecule has 248 valence electrons. The Bertz CT molecular complexity index is 883. The fourth-order valence-corrected chi connectivity index (χ4v) is 6.12. The van der Waals surface area contributed by atoms with Crippen LogP contribution in [-0.2, 0) is 32.0 Å². The molecule has 1 aromatic carbocycles. The van der Waals surface area contributed by atoms with E-state index in [2.05, 4.69) is 68.4 Å². The number of benzene rings is 1. The van der Waals surface area contributed by atoms with Crippen molar-refractivity contribution in [2.45, 2.75) is 109 Å². The normalized spacial score (nSPS) is 17.6. The first-order chi connectivity index (χ1) is 20.8. The van der Waals surface area contributed by atoms with Crippen LogP contribution in [0.15, 0.2) is 18.2 Å². The molecular formula is C35H63N3O4S. The lowest BCUT2D eigenvalue weighted by atomic mass is 9.99. The number of hydrogen-bond donors (Lipinski definition) is 3. The summed E-state index contributed by atoms with van der Waals surface area (Å²) < 4.78 is 23.0. The maximum Gasteiger partial charge on any atom is 0.0701 e. The Morgan fingerprint density at radius 2 is 1.42 bits per heavy atom. The summed E-state index contributed by atoms with van der Waals surface area (Å²) in [5.41, 5.74) is 4.77. The van der Waals surface area contributed by atoms with Crippen LogP contribution in [-0.4, -0.2) is 94.2 Å². The van der Waals surface area contributed by atoms with Gasteiger partial charge in [0.2, 0.25) is 0 Å². The van der Waals surface area contributed by atoms with Crippen molar-refractivity contribution in [3.63, 3.8) is 0 Å². The molecule has 3 rings (SSSR count). The second kappa shape index (κ2) is 20.4. The minimum Gasteiger partial charge on any atom is -0.379 e. The molecule has 0 amide bonds. The van der Waals surface area contributed by atoms with Crippen molar-refractivity contribution in [2.75, 3.05) is 72.5 Å². The van der Waals surface area contributed by atoms with Crippen LogP contribution in [0.2, 0.25) is 0 Å². The maximum absolute atomic E-state index is 5.83. The molecule has 0 bridgehead atoms. The van der Waals surface area contributed by atoms with Crippen molar-refractivity contribution in [3.05, 3.63) is 34.9 Å². The number of fused-ring (bicyclic) bond motifs is 1. The van der Waals surface area contributed by atoms with Crippen LogP contribution in [0.1, 0.15) is 95.8 Å². The van der Waals surface area contributed by atoms with Gasteiger partial charge in [0.15, 0.2) is 0 Å². The van der Waals surface area contributed by atoms with Gasteiger partial charge in [-0.25, -0.2) is 0 Å². The molecule has 1 fully saturated rings. The average Bonchev–Trinajstić information content (AvgIpc) is 3.67. The van der Waals surface area contributed by atoms with Crippen LogP contribution in [0.5, 0.6) is 0 Å². The quantitative estimate of drug-likeness (QED) is 0.0892. The highest BCUT2D eigenvalue weighted by molar-refractivity contribution is 7.80. The number of ether oxygens (including phenoxy) is 4. The standard InChI is InChI=1S/C35H63N3O4S/c1-28(2)31-9-10-32-26-38(27-33(32)25-31)16-20-42-24-23-40-18-14-36-30(5)8-11-34(43)7-6-17-39-21-22-41-19-15-37-35(12-13-35)29(3)4/h9-10,25,28-30,34,36-37,43H,6-8,11-24,26-27H2,1-5H3. The van der Waals surface area contributed by atoms with Gasteiger partial charge in [0.05, 0.1) is 46.2 Å². The predicted molar refractivity (Wildman–Crippen MR) is 181 cm³/mol. The van der Waals surface area contributed by atoms with E-state index in [0.717, 1.165) is 78.2 Å². The van der Waals surface area contributed by atoms with Gasteiger partial charge in [-0.1, -0.05) is 45.9 Å². The third-order valence-electron chi connectivity index (χ3n) is 9.10. The summed E-state index contributed by atoms with van der Waals surface area (Å²) >= 11 is 4.79.